The van der Waals surface area contributed by atoms with E-state index in [9.17, 15) is 18.0 Å². The molecule has 1 heterocycles. The van der Waals surface area contributed by atoms with Crippen LogP contribution >= 0.6 is 0 Å². The fourth-order valence-electron chi connectivity index (χ4n) is 2.05. The second-order valence-corrected chi connectivity index (χ2v) is 6.54. The fraction of sp³-hybridized carbons (Fsp3) is 0.286. The van der Waals surface area contributed by atoms with E-state index in [1.807, 2.05) is 0 Å². The summed E-state index contributed by atoms with van der Waals surface area (Å²) < 4.78 is 36.5. The SMILES string of the molecule is COc1nc(C)nc(NC(=O)NS(=O)(=O)C2=CC=CC(=C=O)C2OC)n1. The number of ether oxygens (including phenoxy) is 2. The molecule has 0 bridgehead atoms. The predicted molar refractivity (Wildman–Crippen MR) is 89.4 cm³/mol. The number of nitrogens with one attached hydrogen (secondary N) is 2. The van der Waals surface area contributed by atoms with Gasteiger partial charge in [-0.1, -0.05) is 6.08 Å². The third-order valence-corrected chi connectivity index (χ3v) is 4.53. The molecule has 1 aliphatic rings. The summed E-state index contributed by atoms with van der Waals surface area (Å²) >= 11 is 0. The molecule has 0 fully saturated rings. The second kappa shape index (κ2) is 7.87. The summed E-state index contributed by atoms with van der Waals surface area (Å²) in [6.07, 6.45) is 2.73. The molecule has 0 aliphatic heterocycles. The molecular formula is C14H15N5O6S. The van der Waals surface area contributed by atoms with Gasteiger partial charge in [-0.25, -0.2) is 22.7 Å². The molecular weight excluding hydrogens is 366 g/mol. The van der Waals surface area contributed by atoms with Crippen molar-refractivity contribution in [2.24, 2.45) is 0 Å². The number of sulfonamides is 1. The number of hydrogen-bond donors (Lipinski definition) is 2. The van der Waals surface area contributed by atoms with Gasteiger partial charge >= 0.3 is 12.0 Å². The molecule has 1 aliphatic carbocycles. The van der Waals surface area contributed by atoms with Gasteiger partial charge in [0.15, 0.2) is 0 Å². The zero-order valence-corrected chi connectivity index (χ0v) is 14.8. The summed E-state index contributed by atoms with van der Waals surface area (Å²) in [5, 5.41) is 2.17. The Morgan fingerprint density at radius 2 is 2.00 bits per heavy atom. The summed E-state index contributed by atoms with van der Waals surface area (Å²) in [6, 6.07) is -1.16. The van der Waals surface area contributed by atoms with Gasteiger partial charge in [0.25, 0.3) is 10.0 Å². The molecule has 26 heavy (non-hydrogen) atoms. The van der Waals surface area contributed by atoms with Crippen LogP contribution in [0.25, 0.3) is 0 Å². The number of amides is 2. The van der Waals surface area contributed by atoms with E-state index < -0.39 is 22.2 Å². The van der Waals surface area contributed by atoms with Crippen LogP contribution in [-0.4, -0.2) is 55.7 Å². The lowest BCUT2D eigenvalue weighted by Crippen LogP contribution is -2.39. The minimum Gasteiger partial charge on any atom is -0.467 e. The Kier molecular flexibility index (Phi) is 5.82. The molecule has 0 aromatic carbocycles. The van der Waals surface area contributed by atoms with Crippen LogP contribution in [0.2, 0.25) is 0 Å². The quantitative estimate of drug-likeness (QED) is 0.665. The summed E-state index contributed by atoms with van der Waals surface area (Å²) in [5.41, 5.74) is -0.0198. The summed E-state index contributed by atoms with van der Waals surface area (Å²) in [4.78, 5) is 34.1. The number of methoxy groups -OCH3 is 2. The molecule has 0 saturated carbocycles. The van der Waals surface area contributed by atoms with E-state index in [1.54, 1.807) is 17.6 Å². The number of aryl methyl sites for hydroxylation is 1. The minimum atomic E-state index is -4.31. The van der Waals surface area contributed by atoms with E-state index in [0.717, 1.165) is 0 Å². The topological polar surface area (TPSA) is 149 Å². The van der Waals surface area contributed by atoms with E-state index in [1.165, 1.54) is 32.4 Å². The Hall–Kier alpha value is -3.08. The first-order chi connectivity index (χ1) is 12.3. The molecule has 12 heteroatoms. The Morgan fingerprint density at radius 1 is 1.27 bits per heavy atom. The zero-order chi connectivity index (χ0) is 19.3. The summed E-state index contributed by atoms with van der Waals surface area (Å²) in [6.45, 7) is 1.54. The normalized spacial score (nSPS) is 16.5. The van der Waals surface area contributed by atoms with E-state index in [-0.39, 0.29) is 28.3 Å². The monoisotopic (exact) mass is 381 g/mol. The van der Waals surface area contributed by atoms with Gasteiger partial charge in [0, 0.05) is 7.11 Å². The Bertz CT molecular complexity index is 933. The van der Waals surface area contributed by atoms with Crippen molar-refractivity contribution in [1.29, 1.82) is 0 Å². The molecule has 1 aromatic heterocycles. The minimum absolute atomic E-state index is 0.0198. The maximum atomic E-state index is 12.4. The molecule has 1 aromatic rings. The van der Waals surface area contributed by atoms with Crippen LogP contribution in [0.4, 0.5) is 10.7 Å². The van der Waals surface area contributed by atoms with Gasteiger partial charge in [-0.3, -0.25) is 5.32 Å². The van der Waals surface area contributed by atoms with Crippen molar-refractivity contribution in [1.82, 2.24) is 19.7 Å². The van der Waals surface area contributed by atoms with Crippen molar-refractivity contribution in [2.75, 3.05) is 19.5 Å². The third-order valence-electron chi connectivity index (χ3n) is 3.10. The summed E-state index contributed by atoms with van der Waals surface area (Å²) in [5.74, 6) is 1.66. The first kappa shape index (κ1) is 19.2. The molecule has 11 nitrogen and oxygen atoms in total. The molecule has 0 saturated heterocycles. The van der Waals surface area contributed by atoms with Gasteiger partial charge in [-0.05, 0) is 19.1 Å². The molecule has 1 atom stereocenters. The first-order valence-electron chi connectivity index (χ1n) is 7.07. The van der Waals surface area contributed by atoms with Crippen molar-refractivity contribution in [3.8, 4) is 6.01 Å². The Morgan fingerprint density at radius 3 is 2.62 bits per heavy atom. The maximum absolute atomic E-state index is 12.4. The Balaban J connectivity index is 2.20. The third kappa shape index (κ3) is 4.30. The lowest BCUT2D eigenvalue weighted by molar-refractivity contribution is 0.167. The van der Waals surface area contributed by atoms with Crippen LogP contribution in [0, 0.1) is 6.92 Å². The fourth-order valence-corrected chi connectivity index (χ4v) is 3.22. The smallest absolute Gasteiger partial charge is 0.335 e. The molecule has 2 rings (SSSR count). The standard InChI is InChI=1S/C14H15N5O6S/c1-8-15-12(18-14(16-8)25-3)17-13(21)19-26(22,23)10-6-4-5-9(7-20)11(10)24-2/h4-6,11H,1-3H3,(H2,15,16,17,18,19,21). The molecule has 1 unspecified atom stereocenters. The molecule has 0 radical (unpaired) electrons. The number of allylic oxidation sites excluding steroid dienone is 2. The highest BCUT2D eigenvalue weighted by Gasteiger charge is 2.32. The number of aromatic nitrogens is 3. The molecule has 138 valence electrons. The van der Waals surface area contributed by atoms with Crippen molar-refractivity contribution in [3.63, 3.8) is 0 Å². The van der Waals surface area contributed by atoms with Crippen LogP contribution in [0.3, 0.4) is 0 Å². The Labute approximate surface area is 148 Å². The highest BCUT2D eigenvalue weighted by Crippen LogP contribution is 2.23. The largest absolute Gasteiger partial charge is 0.467 e. The number of carbonyl (C=O) groups is 1. The van der Waals surface area contributed by atoms with Crippen molar-refractivity contribution < 1.29 is 27.5 Å². The number of anilines is 1. The zero-order valence-electron chi connectivity index (χ0n) is 14.0. The lowest BCUT2D eigenvalue weighted by Gasteiger charge is -2.20. The highest BCUT2D eigenvalue weighted by atomic mass is 32.2. The van der Waals surface area contributed by atoms with Gasteiger partial charge in [-0.2, -0.15) is 15.0 Å². The van der Waals surface area contributed by atoms with Gasteiger partial charge in [-0.15, -0.1) is 0 Å². The average Bonchev–Trinajstić information content (AvgIpc) is 2.59. The van der Waals surface area contributed by atoms with Crippen molar-refractivity contribution in [2.45, 2.75) is 13.0 Å². The van der Waals surface area contributed by atoms with Crippen LogP contribution in [0.5, 0.6) is 6.01 Å². The number of nitrogens with zero attached hydrogens (tertiary/aromatic N) is 3. The van der Waals surface area contributed by atoms with E-state index >= 15 is 0 Å². The van der Waals surface area contributed by atoms with Crippen LogP contribution in [0.1, 0.15) is 5.82 Å². The number of rotatable bonds is 5. The number of urea groups is 1. The van der Waals surface area contributed by atoms with Gasteiger partial charge in [0.2, 0.25) is 5.95 Å². The van der Waals surface area contributed by atoms with Crippen LogP contribution < -0.4 is 14.8 Å². The van der Waals surface area contributed by atoms with Crippen LogP contribution in [0.15, 0.2) is 28.7 Å². The second-order valence-electron chi connectivity index (χ2n) is 4.85. The van der Waals surface area contributed by atoms with Crippen molar-refractivity contribution in [3.05, 3.63) is 34.5 Å². The summed E-state index contributed by atoms with van der Waals surface area (Å²) in [7, 11) is -1.76. The van der Waals surface area contributed by atoms with Gasteiger partial charge in [0.05, 0.1) is 17.6 Å². The van der Waals surface area contributed by atoms with E-state index in [2.05, 4.69) is 20.3 Å². The first-order valence-corrected chi connectivity index (χ1v) is 8.55. The molecule has 2 N–H and O–H groups in total. The maximum Gasteiger partial charge on any atom is 0.335 e. The number of hydrogen-bond acceptors (Lipinski definition) is 9. The van der Waals surface area contributed by atoms with Gasteiger partial charge < -0.3 is 9.47 Å². The number of carbonyl (C=O) groups excluding carboxylic acids is 2. The van der Waals surface area contributed by atoms with Gasteiger partial charge in [0.1, 0.15) is 17.9 Å². The predicted octanol–water partition coefficient (Wildman–Crippen LogP) is -0.133. The van der Waals surface area contributed by atoms with E-state index in [4.69, 9.17) is 9.47 Å². The van der Waals surface area contributed by atoms with E-state index in [0.29, 0.717) is 0 Å². The lowest BCUT2D eigenvalue weighted by atomic mass is 10.1. The molecule has 0 spiro atoms. The van der Waals surface area contributed by atoms with Crippen LogP contribution in [-0.2, 0) is 19.6 Å². The highest BCUT2D eigenvalue weighted by molar-refractivity contribution is 7.94. The molecule has 2 amide bonds. The average molecular weight is 381 g/mol. The van der Waals surface area contributed by atoms with Crippen molar-refractivity contribution >= 4 is 27.9 Å².